The monoisotopic (exact) mass is 309 g/mol. The number of aryl methyl sites for hydroxylation is 1. The van der Waals surface area contributed by atoms with Crippen molar-refractivity contribution in [3.05, 3.63) is 42.0 Å². The fourth-order valence-corrected chi connectivity index (χ4v) is 2.77. The van der Waals surface area contributed by atoms with Crippen molar-refractivity contribution >= 4 is 39.3 Å². The quantitative estimate of drug-likeness (QED) is 0.693. The van der Waals surface area contributed by atoms with Gasteiger partial charge in [-0.3, -0.25) is 9.59 Å². The molecule has 0 aliphatic rings. The number of aromatic amines is 1. The molecule has 5 nitrogen and oxygen atoms in total. The minimum absolute atomic E-state index is 0.0277. The predicted octanol–water partition coefficient (Wildman–Crippen LogP) is 2.96. The second-order valence-electron chi connectivity index (χ2n) is 5.54. The second kappa shape index (κ2) is 6.12. The number of para-hydroxylation sites is 1. The van der Waals surface area contributed by atoms with E-state index < -0.39 is 0 Å². The van der Waals surface area contributed by atoms with Crippen LogP contribution in [0, 0.1) is 0 Å². The summed E-state index contributed by atoms with van der Waals surface area (Å²) in [5.74, 6) is -0.469. The number of rotatable bonds is 4. The average molecular weight is 309 g/mol. The normalized spacial score (nSPS) is 10.9. The van der Waals surface area contributed by atoms with Crippen LogP contribution in [0.5, 0.6) is 0 Å². The van der Waals surface area contributed by atoms with Gasteiger partial charge in [0.2, 0.25) is 11.8 Å². The maximum absolute atomic E-state index is 11.8. The van der Waals surface area contributed by atoms with E-state index in [2.05, 4.69) is 40.7 Å². The molecule has 0 aliphatic carbocycles. The third-order valence-electron chi connectivity index (χ3n) is 3.88. The van der Waals surface area contributed by atoms with Crippen molar-refractivity contribution in [2.45, 2.75) is 20.3 Å². The topological polar surface area (TPSA) is 74.0 Å². The van der Waals surface area contributed by atoms with Crippen LogP contribution >= 0.6 is 0 Å². The second-order valence-corrected chi connectivity index (χ2v) is 5.54. The number of nitrogens with one attached hydrogen (secondary N) is 3. The molecule has 2 aromatic carbocycles. The maximum Gasteiger partial charge on any atom is 0.243 e. The molecule has 0 unspecified atom stereocenters. The predicted molar refractivity (Wildman–Crippen MR) is 92.5 cm³/mol. The van der Waals surface area contributed by atoms with Crippen LogP contribution in [-0.2, 0) is 16.0 Å². The average Bonchev–Trinajstić information content (AvgIpc) is 2.90. The number of aromatic nitrogens is 1. The molecule has 0 saturated heterocycles. The summed E-state index contributed by atoms with van der Waals surface area (Å²) in [6, 6.07) is 12.1. The molecule has 2 amide bonds. The molecule has 3 N–H and O–H groups in total. The van der Waals surface area contributed by atoms with Crippen molar-refractivity contribution in [1.82, 2.24) is 10.3 Å². The van der Waals surface area contributed by atoms with Gasteiger partial charge in [0.25, 0.3) is 0 Å². The number of benzene rings is 2. The van der Waals surface area contributed by atoms with Crippen LogP contribution in [0.4, 0.5) is 5.69 Å². The van der Waals surface area contributed by atoms with E-state index in [0.717, 1.165) is 22.8 Å². The lowest BCUT2D eigenvalue weighted by Crippen LogP contribution is -2.31. The molecule has 0 fully saturated rings. The van der Waals surface area contributed by atoms with Crippen LogP contribution in [0.2, 0.25) is 0 Å². The first kappa shape index (κ1) is 15.1. The third-order valence-corrected chi connectivity index (χ3v) is 3.88. The lowest BCUT2D eigenvalue weighted by Gasteiger charge is -2.05. The largest absolute Gasteiger partial charge is 0.354 e. The minimum atomic E-state index is -0.245. The molecule has 1 aromatic heterocycles. The fourth-order valence-electron chi connectivity index (χ4n) is 2.77. The SMILES string of the molecule is CCc1cccc2c1[nH]c1cc(NC(=O)CNC(C)=O)ccc12. The molecule has 0 saturated carbocycles. The van der Waals surface area contributed by atoms with Gasteiger partial charge in [0.1, 0.15) is 0 Å². The molecule has 5 heteroatoms. The minimum Gasteiger partial charge on any atom is -0.354 e. The molecule has 118 valence electrons. The highest BCUT2D eigenvalue weighted by atomic mass is 16.2. The molecule has 0 atom stereocenters. The zero-order valence-electron chi connectivity index (χ0n) is 13.2. The number of carbonyl (C=O) groups is 2. The van der Waals surface area contributed by atoms with E-state index in [1.807, 2.05) is 18.2 Å². The van der Waals surface area contributed by atoms with Crippen LogP contribution < -0.4 is 10.6 Å². The van der Waals surface area contributed by atoms with E-state index >= 15 is 0 Å². The van der Waals surface area contributed by atoms with Gasteiger partial charge in [-0.15, -0.1) is 0 Å². The van der Waals surface area contributed by atoms with Gasteiger partial charge in [-0.25, -0.2) is 0 Å². The highest BCUT2D eigenvalue weighted by Gasteiger charge is 2.09. The van der Waals surface area contributed by atoms with E-state index in [1.54, 1.807) is 0 Å². The highest BCUT2D eigenvalue weighted by Crippen LogP contribution is 2.29. The summed E-state index contributed by atoms with van der Waals surface area (Å²) >= 11 is 0. The Morgan fingerprint density at radius 2 is 1.96 bits per heavy atom. The van der Waals surface area contributed by atoms with E-state index in [9.17, 15) is 9.59 Å². The Kier molecular flexibility index (Phi) is 4.02. The number of carbonyl (C=O) groups excluding carboxylic acids is 2. The molecule has 0 radical (unpaired) electrons. The van der Waals surface area contributed by atoms with E-state index in [4.69, 9.17) is 0 Å². The number of hydrogen-bond acceptors (Lipinski definition) is 2. The summed E-state index contributed by atoms with van der Waals surface area (Å²) in [4.78, 5) is 26.1. The van der Waals surface area contributed by atoms with E-state index in [1.165, 1.54) is 17.9 Å². The maximum atomic E-state index is 11.8. The van der Waals surface area contributed by atoms with E-state index in [-0.39, 0.29) is 18.4 Å². The highest BCUT2D eigenvalue weighted by molar-refractivity contribution is 6.09. The number of amides is 2. The van der Waals surface area contributed by atoms with Gasteiger partial charge in [-0.2, -0.15) is 0 Å². The number of H-pyrrole nitrogens is 1. The summed E-state index contributed by atoms with van der Waals surface area (Å²) in [6.07, 6.45) is 0.963. The Morgan fingerprint density at radius 3 is 2.70 bits per heavy atom. The molecule has 3 aromatic rings. The molecular formula is C18H19N3O2. The van der Waals surface area contributed by atoms with Gasteiger partial charge in [0, 0.05) is 34.4 Å². The Hall–Kier alpha value is -2.82. The Balaban J connectivity index is 1.91. The van der Waals surface area contributed by atoms with Crippen molar-refractivity contribution in [1.29, 1.82) is 0 Å². The van der Waals surface area contributed by atoms with Gasteiger partial charge in [0.05, 0.1) is 6.54 Å². The summed E-state index contributed by atoms with van der Waals surface area (Å²) in [6.45, 7) is 3.49. The van der Waals surface area contributed by atoms with Gasteiger partial charge in [-0.1, -0.05) is 31.2 Å². The summed E-state index contributed by atoms with van der Waals surface area (Å²) in [7, 11) is 0. The van der Waals surface area contributed by atoms with Gasteiger partial charge in [0.15, 0.2) is 0 Å². The van der Waals surface area contributed by atoms with Crippen LogP contribution in [0.25, 0.3) is 21.8 Å². The number of anilines is 1. The van der Waals surface area contributed by atoms with Crippen molar-refractivity contribution in [3.8, 4) is 0 Å². The van der Waals surface area contributed by atoms with Crippen LogP contribution in [0.1, 0.15) is 19.4 Å². The lowest BCUT2D eigenvalue weighted by atomic mass is 10.1. The molecule has 0 bridgehead atoms. The third kappa shape index (κ3) is 3.04. The summed E-state index contributed by atoms with van der Waals surface area (Å²) < 4.78 is 0. The molecule has 1 heterocycles. The van der Waals surface area contributed by atoms with Crippen LogP contribution in [0.3, 0.4) is 0 Å². The van der Waals surface area contributed by atoms with Crippen LogP contribution in [-0.4, -0.2) is 23.3 Å². The molecule has 0 spiro atoms. The first-order valence-corrected chi connectivity index (χ1v) is 7.66. The fraction of sp³-hybridized carbons (Fsp3) is 0.222. The molecule has 23 heavy (non-hydrogen) atoms. The molecular weight excluding hydrogens is 290 g/mol. The van der Waals surface area contributed by atoms with Crippen molar-refractivity contribution in [3.63, 3.8) is 0 Å². The van der Waals surface area contributed by atoms with Gasteiger partial charge < -0.3 is 15.6 Å². The lowest BCUT2D eigenvalue weighted by molar-refractivity contribution is -0.122. The number of hydrogen-bond donors (Lipinski definition) is 3. The first-order chi connectivity index (χ1) is 11.1. The van der Waals surface area contributed by atoms with Gasteiger partial charge in [-0.05, 0) is 24.1 Å². The van der Waals surface area contributed by atoms with E-state index in [0.29, 0.717) is 5.69 Å². The van der Waals surface area contributed by atoms with Crippen molar-refractivity contribution < 1.29 is 9.59 Å². The summed E-state index contributed by atoms with van der Waals surface area (Å²) in [5.41, 5.74) is 4.11. The Labute approximate surface area is 134 Å². The smallest absolute Gasteiger partial charge is 0.243 e. The standard InChI is InChI=1S/C18H19N3O2/c1-3-12-5-4-6-15-14-8-7-13(9-16(14)21-18(12)15)20-17(23)10-19-11(2)22/h4-9,21H,3,10H2,1-2H3,(H,19,22)(H,20,23). The van der Waals surface area contributed by atoms with Crippen molar-refractivity contribution in [2.24, 2.45) is 0 Å². The number of fused-ring (bicyclic) bond motifs is 3. The van der Waals surface area contributed by atoms with Gasteiger partial charge >= 0.3 is 0 Å². The Morgan fingerprint density at radius 1 is 1.13 bits per heavy atom. The zero-order chi connectivity index (χ0) is 16.4. The Bertz CT molecular complexity index is 896. The zero-order valence-corrected chi connectivity index (χ0v) is 13.2. The molecule has 3 rings (SSSR count). The first-order valence-electron chi connectivity index (χ1n) is 7.66. The van der Waals surface area contributed by atoms with Crippen LogP contribution in [0.15, 0.2) is 36.4 Å². The summed E-state index contributed by atoms with van der Waals surface area (Å²) in [5, 5.41) is 7.59. The van der Waals surface area contributed by atoms with Crippen molar-refractivity contribution in [2.75, 3.05) is 11.9 Å². The molecule has 0 aliphatic heterocycles.